The monoisotopic (exact) mass is 323 g/mol. The molecule has 0 radical (unpaired) electrons. The van der Waals surface area contributed by atoms with Gasteiger partial charge >= 0.3 is 6.18 Å². The van der Waals surface area contributed by atoms with Crippen LogP contribution in [0.2, 0.25) is 0 Å². The fourth-order valence-corrected chi connectivity index (χ4v) is 1.90. The number of pyridine rings is 1. The van der Waals surface area contributed by atoms with Crippen LogP contribution in [0.5, 0.6) is 0 Å². The molecule has 0 spiro atoms. The van der Waals surface area contributed by atoms with Crippen molar-refractivity contribution in [3.8, 4) is 0 Å². The molecule has 0 aliphatic heterocycles. The molecule has 1 aromatic rings. The number of alkyl halides is 6. The summed E-state index contributed by atoms with van der Waals surface area (Å²) in [6.45, 7) is 0. The molecule has 1 rings (SSSR count). The standard InChI is InChI=1S/C8H4BrClF5N/c9-6-5(7(11)12)3(2-10)1-4(16-6)8(13,14)15/h1,7H,2H2. The second kappa shape index (κ2) is 4.83. The summed E-state index contributed by atoms with van der Waals surface area (Å²) < 4.78 is 61.4. The quantitative estimate of drug-likeness (QED) is 0.442. The number of hydrogen-bond donors (Lipinski definition) is 0. The number of halogens is 7. The summed E-state index contributed by atoms with van der Waals surface area (Å²) in [6, 6.07) is 0.527. The highest BCUT2D eigenvalue weighted by atomic mass is 79.9. The minimum atomic E-state index is -4.69. The van der Waals surface area contributed by atoms with Gasteiger partial charge in [0, 0.05) is 5.88 Å². The number of nitrogens with zero attached hydrogens (tertiary/aromatic N) is 1. The fourth-order valence-electron chi connectivity index (χ4n) is 1.06. The normalized spacial score (nSPS) is 12.2. The van der Waals surface area contributed by atoms with E-state index in [4.69, 9.17) is 11.6 Å². The van der Waals surface area contributed by atoms with Crippen LogP contribution in [-0.2, 0) is 12.1 Å². The van der Waals surface area contributed by atoms with Crippen LogP contribution < -0.4 is 0 Å². The summed E-state index contributed by atoms with van der Waals surface area (Å²) in [5.41, 5.74) is -2.15. The second-order valence-corrected chi connectivity index (χ2v) is 3.82. The van der Waals surface area contributed by atoms with Gasteiger partial charge in [0.2, 0.25) is 0 Å². The maximum Gasteiger partial charge on any atom is 0.433 e. The molecule has 0 bridgehead atoms. The van der Waals surface area contributed by atoms with Crippen LogP contribution in [-0.4, -0.2) is 4.98 Å². The van der Waals surface area contributed by atoms with Crippen LogP contribution >= 0.6 is 27.5 Å². The minimum Gasteiger partial charge on any atom is -0.236 e. The average molecular weight is 324 g/mol. The highest BCUT2D eigenvalue weighted by molar-refractivity contribution is 9.10. The zero-order chi connectivity index (χ0) is 12.5. The molecule has 0 N–H and O–H groups in total. The Balaban J connectivity index is 3.38. The van der Waals surface area contributed by atoms with Crippen LogP contribution in [0.4, 0.5) is 22.0 Å². The van der Waals surface area contributed by atoms with Crippen molar-refractivity contribution in [2.45, 2.75) is 18.5 Å². The van der Waals surface area contributed by atoms with E-state index in [1.54, 1.807) is 0 Å². The van der Waals surface area contributed by atoms with Gasteiger partial charge in [-0.15, -0.1) is 11.6 Å². The van der Waals surface area contributed by atoms with E-state index >= 15 is 0 Å². The first-order valence-corrected chi connectivity index (χ1v) is 5.20. The Hall–Kier alpha value is -0.430. The molecule has 16 heavy (non-hydrogen) atoms. The van der Waals surface area contributed by atoms with Crippen LogP contribution in [0.1, 0.15) is 23.2 Å². The van der Waals surface area contributed by atoms with Gasteiger partial charge in [0.15, 0.2) is 0 Å². The molecule has 0 saturated heterocycles. The third-order valence-electron chi connectivity index (χ3n) is 1.75. The zero-order valence-corrected chi connectivity index (χ0v) is 9.80. The van der Waals surface area contributed by atoms with Gasteiger partial charge in [0.05, 0.1) is 5.56 Å². The maximum absolute atomic E-state index is 12.5. The number of aromatic nitrogens is 1. The van der Waals surface area contributed by atoms with E-state index in [9.17, 15) is 22.0 Å². The Bertz CT molecular complexity index is 393. The fraction of sp³-hybridized carbons (Fsp3) is 0.375. The van der Waals surface area contributed by atoms with E-state index in [1.807, 2.05) is 0 Å². The van der Waals surface area contributed by atoms with Gasteiger partial charge in [-0.1, -0.05) is 0 Å². The molecule has 0 aliphatic rings. The molecule has 0 unspecified atom stereocenters. The van der Waals surface area contributed by atoms with E-state index in [0.717, 1.165) is 0 Å². The first kappa shape index (κ1) is 13.6. The van der Waals surface area contributed by atoms with Crippen molar-refractivity contribution >= 4 is 27.5 Å². The summed E-state index contributed by atoms with van der Waals surface area (Å²) in [4.78, 5) is 3.03. The lowest BCUT2D eigenvalue weighted by atomic mass is 10.1. The van der Waals surface area contributed by atoms with Crippen LogP contribution in [0.3, 0.4) is 0 Å². The number of rotatable bonds is 2. The van der Waals surface area contributed by atoms with Crippen molar-refractivity contribution in [3.05, 3.63) is 27.5 Å². The van der Waals surface area contributed by atoms with Crippen LogP contribution in [0.25, 0.3) is 0 Å². The lowest BCUT2D eigenvalue weighted by Gasteiger charge is -2.12. The smallest absolute Gasteiger partial charge is 0.236 e. The van der Waals surface area contributed by atoms with E-state index in [0.29, 0.717) is 6.07 Å². The van der Waals surface area contributed by atoms with Gasteiger partial charge < -0.3 is 0 Å². The molecule has 1 aromatic heterocycles. The summed E-state index contributed by atoms with van der Waals surface area (Å²) >= 11 is 7.90. The average Bonchev–Trinajstić information content (AvgIpc) is 2.14. The Labute approximate surface area is 101 Å². The predicted octanol–water partition coefficient (Wildman–Crippen LogP) is 4.54. The summed E-state index contributed by atoms with van der Waals surface area (Å²) in [6.07, 6.45) is -7.62. The molecule has 0 atom stereocenters. The molecule has 0 fully saturated rings. The largest absolute Gasteiger partial charge is 0.433 e. The van der Waals surface area contributed by atoms with Gasteiger partial charge in [-0.3, -0.25) is 0 Å². The molecule has 0 amide bonds. The first-order chi connectivity index (χ1) is 7.27. The molecule has 8 heteroatoms. The third kappa shape index (κ3) is 2.82. The van der Waals surface area contributed by atoms with Crippen molar-refractivity contribution in [2.75, 3.05) is 0 Å². The Kier molecular flexibility index (Phi) is 4.12. The van der Waals surface area contributed by atoms with Crippen LogP contribution in [0, 0.1) is 0 Å². The Morgan fingerprint density at radius 1 is 1.38 bits per heavy atom. The summed E-state index contributed by atoms with van der Waals surface area (Å²) in [5.74, 6) is -0.441. The van der Waals surface area contributed by atoms with Gasteiger partial charge in [-0.25, -0.2) is 13.8 Å². The van der Waals surface area contributed by atoms with Gasteiger partial charge in [0.1, 0.15) is 10.3 Å². The van der Waals surface area contributed by atoms with E-state index in [-0.39, 0.29) is 5.56 Å². The lowest BCUT2D eigenvalue weighted by Crippen LogP contribution is -2.11. The van der Waals surface area contributed by atoms with Crippen molar-refractivity contribution in [1.82, 2.24) is 4.98 Å². The zero-order valence-electron chi connectivity index (χ0n) is 7.45. The first-order valence-electron chi connectivity index (χ1n) is 3.88. The molecule has 0 saturated carbocycles. The lowest BCUT2D eigenvalue weighted by molar-refractivity contribution is -0.141. The number of hydrogen-bond acceptors (Lipinski definition) is 1. The molecule has 0 aliphatic carbocycles. The summed E-state index contributed by atoms with van der Waals surface area (Å²) in [7, 11) is 0. The minimum absolute atomic E-state index is 0.286. The molecular formula is C8H4BrClF5N. The molecular weight excluding hydrogens is 320 g/mol. The molecule has 0 aromatic carbocycles. The van der Waals surface area contributed by atoms with Crippen molar-refractivity contribution in [2.24, 2.45) is 0 Å². The van der Waals surface area contributed by atoms with E-state index in [2.05, 4.69) is 20.9 Å². The van der Waals surface area contributed by atoms with Gasteiger partial charge in [-0.2, -0.15) is 13.2 Å². The molecule has 1 heterocycles. The molecule has 90 valence electrons. The van der Waals surface area contributed by atoms with Crippen LogP contribution in [0.15, 0.2) is 10.7 Å². The summed E-state index contributed by atoms with van der Waals surface area (Å²) in [5, 5.41) is 0. The second-order valence-electron chi connectivity index (χ2n) is 2.80. The Morgan fingerprint density at radius 3 is 2.31 bits per heavy atom. The van der Waals surface area contributed by atoms with E-state index in [1.165, 1.54) is 0 Å². The van der Waals surface area contributed by atoms with Gasteiger partial charge in [0.25, 0.3) is 6.43 Å². The van der Waals surface area contributed by atoms with Crippen molar-refractivity contribution in [1.29, 1.82) is 0 Å². The maximum atomic E-state index is 12.5. The van der Waals surface area contributed by atoms with Crippen molar-refractivity contribution < 1.29 is 22.0 Å². The predicted molar refractivity (Wildman–Crippen MR) is 51.5 cm³/mol. The SMILES string of the molecule is FC(F)c1c(CCl)cc(C(F)(F)F)nc1Br. The van der Waals surface area contributed by atoms with E-state index < -0.39 is 34.3 Å². The highest BCUT2D eigenvalue weighted by Gasteiger charge is 2.34. The van der Waals surface area contributed by atoms with Crippen molar-refractivity contribution in [3.63, 3.8) is 0 Å². The van der Waals surface area contributed by atoms with Gasteiger partial charge in [-0.05, 0) is 27.6 Å². The Morgan fingerprint density at radius 2 is 1.94 bits per heavy atom. The highest BCUT2D eigenvalue weighted by Crippen LogP contribution is 2.35. The topological polar surface area (TPSA) is 12.9 Å². The third-order valence-corrected chi connectivity index (χ3v) is 2.64. The molecule has 1 nitrogen and oxygen atoms in total.